The van der Waals surface area contributed by atoms with E-state index in [1.807, 2.05) is 56.3 Å². The molecular weight excluding hydrogens is 224 g/mol. The molecule has 0 radical (unpaired) electrons. The van der Waals surface area contributed by atoms with Gasteiger partial charge in [-0.1, -0.05) is 48.0 Å². The van der Waals surface area contributed by atoms with Crippen molar-refractivity contribution in [1.82, 2.24) is 5.48 Å². The molecule has 0 fully saturated rings. The van der Waals surface area contributed by atoms with Crippen LogP contribution < -0.4 is 5.48 Å². The molecular formula is C15H16N2O. The van der Waals surface area contributed by atoms with Gasteiger partial charge in [-0.05, 0) is 25.5 Å². The minimum atomic E-state index is 0.447. The molecule has 2 aromatic rings. The maximum atomic E-state index is 9.21. The largest absolute Gasteiger partial charge is 0.290 e. The van der Waals surface area contributed by atoms with E-state index in [9.17, 15) is 5.21 Å². The highest BCUT2D eigenvalue weighted by Crippen LogP contribution is 2.20. The normalized spacial score (nSPS) is 11.4. The quantitative estimate of drug-likeness (QED) is 0.480. The van der Waals surface area contributed by atoms with Crippen molar-refractivity contribution < 1.29 is 5.21 Å². The average molecular weight is 240 g/mol. The highest BCUT2D eigenvalue weighted by atomic mass is 16.5. The molecule has 0 aliphatic rings. The molecule has 2 N–H and O–H groups in total. The third-order valence-electron chi connectivity index (χ3n) is 2.74. The Kier molecular flexibility index (Phi) is 3.75. The van der Waals surface area contributed by atoms with Crippen LogP contribution in [0, 0.1) is 13.8 Å². The molecule has 0 saturated carbocycles. The van der Waals surface area contributed by atoms with Crippen molar-refractivity contribution >= 4 is 11.5 Å². The van der Waals surface area contributed by atoms with Crippen molar-refractivity contribution in [2.45, 2.75) is 13.8 Å². The van der Waals surface area contributed by atoms with Gasteiger partial charge in [0.1, 0.15) is 0 Å². The summed E-state index contributed by atoms with van der Waals surface area (Å²) in [5.74, 6) is 0.447. The van der Waals surface area contributed by atoms with Gasteiger partial charge in [0.05, 0.1) is 5.69 Å². The number of nitrogens with zero attached hydrogens (tertiary/aromatic N) is 1. The van der Waals surface area contributed by atoms with Gasteiger partial charge >= 0.3 is 0 Å². The zero-order chi connectivity index (χ0) is 13.0. The third-order valence-corrected chi connectivity index (χ3v) is 2.74. The van der Waals surface area contributed by atoms with Crippen LogP contribution in [0.15, 0.2) is 53.5 Å². The van der Waals surface area contributed by atoms with E-state index in [0.717, 1.165) is 16.8 Å². The van der Waals surface area contributed by atoms with Crippen LogP contribution in [0.25, 0.3) is 0 Å². The summed E-state index contributed by atoms with van der Waals surface area (Å²) >= 11 is 0. The van der Waals surface area contributed by atoms with Crippen LogP contribution in [0.2, 0.25) is 0 Å². The monoisotopic (exact) mass is 240 g/mol. The van der Waals surface area contributed by atoms with Crippen LogP contribution in [0.5, 0.6) is 0 Å². The summed E-state index contributed by atoms with van der Waals surface area (Å²) in [4.78, 5) is 4.44. The van der Waals surface area contributed by atoms with Crippen LogP contribution in [-0.4, -0.2) is 11.0 Å². The lowest BCUT2D eigenvalue weighted by Gasteiger charge is -2.07. The Hall–Kier alpha value is -2.13. The zero-order valence-electron chi connectivity index (χ0n) is 10.5. The van der Waals surface area contributed by atoms with E-state index in [-0.39, 0.29) is 0 Å². The number of nitrogens with one attached hydrogen (secondary N) is 1. The van der Waals surface area contributed by atoms with Gasteiger partial charge in [0, 0.05) is 5.56 Å². The van der Waals surface area contributed by atoms with Gasteiger partial charge in [0.25, 0.3) is 0 Å². The van der Waals surface area contributed by atoms with Gasteiger partial charge in [0.15, 0.2) is 5.84 Å². The van der Waals surface area contributed by atoms with E-state index in [4.69, 9.17) is 0 Å². The van der Waals surface area contributed by atoms with Crippen molar-refractivity contribution in [2.24, 2.45) is 4.99 Å². The first-order chi connectivity index (χ1) is 8.70. The van der Waals surface area contributed by atoms with Gasteiger partial charge in [0.2, 0.25) is 0 Å². The number of hydrogen-bond donors (Lipinski definition) is 2. The number of hydrogen-bond acceptors (Lipinski definition) is 2. The number of benzene rings is 2. The molecule has 3 nitrogen and oxygen atoms in total. The van der Waals surface area contributed by atoms with Crippen molar-refractivity contribution in [3.05, 3.63) is 65.2 Å². The molecule has 0 spiro atoms. The Morgan fingerprint density at radius 2 is 1.78 bits per heavy atom. The van der Waals surface area contributed by atoms with Gasteiger partial charge in [-0.15, -0.1) is 0 Å². The molecule has 0 unspecified atom stereocenters. The fourth-order valence-electron chi connectivity index (χ4n) is 1.80. The molecule has 0 atom stereocenters. The molecule has 3 heteroatoms. The number of hydroxylamine groups is 1. The maximum Gasteiger partial charge on any atom is 0.157 e. The fraction of sp³-hybridized carbons (Fsp3) is 0.133. The van der Waals surface area contributed by atoms with Gasteiger partial charge in [-0.25, -0.2) is 4.99 Å². The molecule has 0 amide bonds. The minimum Gasteiger partial charge on any atom is -0.290 e. The van der Waals surface area contributed by atoms with E-state index < -0.39 is 0 Å². The Balaban J connectivity index is 2.41. The third kappa shape index (κ3) is 2.76. The van der Waals surface area contributed by atoms with E-state index in [1.54, 1.807) is 0 Å². The highest BCUT2D eigenvalue weighted by molar-refractivity contribution is 5.99. The standard InChI is InChI=1S/C15H16N2O/c1-11-8-9-14(12(2)10-11)16-15(17-18)13-6-4-3-5-7-13/h3-10,18H,1-2H3,(H,16,17). The summed E-state index contributed by atoms with van der Waals surface area (Å²) in [6, 6.07) is 15.6. The smallest absolute Gasteiger partial charge is 0.157 e. The summed E-state index contributed by atoms with van der Waals surface area (Å²) in [5, 5.41) is 9.21. The van der Waals surface area contributed by atoms with E-state index in [1.165, 1.54) is 5.56 Å². The van der Waals surface area contributed by atoms with E-state index >= 15 is 0 Å². The molecule has 18 heavy (non-hydrogen) atoms. The Bertz CT molecular complexity index is 562. The van der Waals surface area contributed by atoms with Crippen LogP contribution in [0.3, 0.4) is 0 Å². The molecule has 0 bridgehead atoms. The Morgan fingerprint density at radius 1 is 1.06 bits per heavy atom. The van der Waals surface area contributed by atoms with Crippen molar-refractivity contribution in [1.29, 1.82) is 0 Å². The Labute approximate surface area is 107 Å². The summed E-state index contributed by atoms with van der Waals surface area (Å²) in [6.45, 7) is 4.05. The van der Waals surface area contributed by atoms with Gasteiger partial charge < -0.3 is 0 Å². The van der Waals surface area contributed by atoms with Crippen LogP contribution in [0.4, 0.5) is 5.69 Å². The van der Waals surface area contributed by atoms with Crippen molar-refractivity contribution in [2.75, 3.05) is 0 Å². The molecule has 0 aliphatic heterocycles. The number of rotatable bonds is 2. The van der Waals surface area contributed by atoms with Crippen molar-refractivity contribution in [3.8, 4) is 0 Å². The maximum absolute atomic E-state index is 9.21. The lowest BCUT2D eigenvalue weighted by atomic mass is 10.1. The first kappa shape index (κ1) is 12.3. The second kappa shape index (κ2) is 5.47. The first-order valence-corrected chi connectivity index (χ1v) is 5.82. The summed E-state index contributed by atoms with van der Waals surface area (Å²) in [6.07, 6.45) is 0. The predicted octanol–water partition coefficient (Wildman–Crippen LogP) is 3.36. The Morgan fingerprint density at radius 3 is 2.39 bits per heavy atom. The first-order valence-electron chi connectivity index (χ1n) is 5.82. The molecule has 0 heterocycles. The van der Waals surface area contributed by atoms with E-state index in [2.05, 4.69) is 16.5 Å². The topological polar surface area (TPSA) is 44.6 Å². The van der Waals surface area contributed by atoms with Crippen molar-refractivity contribution in [3.63, 3.8) is 0 Å². The van der Waals surface area contributed by atoms with Crippen LogP contribution in [-0.2, 0) is 0 Å². The SMILES string of the molecule is Cc1ccc(N=C(NO)c2ccccc2)c(C)c1. The zero-order valence-corrected chi connectivity index (χ0v) is 10.5. The molecule has 0 saturated heterocycles. The van der Waals surface area contributed by atoms with Gasteiger partial charge in [-0.2, -0.15) is 0 Å². The van der Waals surface area contributed by atoms with Gasteiger partial charge in [-0.3, -0.25) is 10.7 Å². The second-order valence-corrected chi connectivity index (χ2v) is 4.23. The molecule has 0 aliphatic carbocycles. The molecule has 0 aromatic heterocycles. The number of aryl methyl sites for hydroxylation is 2. The summed E-state index contributed by atoms with van der Waals surface area (Å²) < 4.78 is 0. The predicted molar refractivity (Wildman–Crippen MR) is 73.5 cm³/mol. The van der Waals surface area contributed by atoms with Crippen LogP contribution in [0.1, 0.15) is 16.7 Å². The lowest BCUT2D eigenvalue weighted by molar-refractivity contribution is 0.235. The number of aliphatic imine (C=N–C) groups is 1. The van der Waals surface area contributed by atoms with E-state index in [0.29, 0.717) is 5.84 Å². The second-order valence-electron chi connectivity index (χ2n) is 4.23. The number of amidine groups is 1. The van der Waals surface area contributed by atoms with Crippen LogP contribution >= 0.6 is 0 Å². The fourth-order valence-corrected chi connectivity index (χ4v) is 1.80. The minimum absolute atomic E-state index is 0.447. The lowest BCUT2D eigenvalue weighted by Crippen LogP contribution is -2.19. The summed E-state index contributed by atoms with van der Waals surface area (Å²) in [7, 11) is 0. The molecule has 92 valence electrons. The highest BCUT2D eigenvalue weighted by Gasteiger charge is 2.03. The summed E-state index contributed by atoms with van der Waals surface area (Å²) in [5.41, 5.74) is 6.13. The average Bonchev–Trinajstić information content (AvgIpc) is 2.39. The molecule has 2 aromatic carbocycles. The molecule has 2 rings (SSSR count).